The van der Waals surface area contributed by atoms with E-state index in [1.165, 1.54) is 0 Å². The number of carbonyl (C=O) groups excluding carboxylic acids is 3. The van der Waals surface area contributed by atoms with Crippen molar-refractivity contribution in [3.05, 3.63) is 69.8 Å². The lowest BCUT2D eigenvalue weighted by atomic mass is 9.98. The standard InChI is InChI=1S/C29H30N2O7/c1-15(2)27(28(34)35)31-25(33)14-30-24(32)11-10-19-16(3)20-12-21-23(13-22(20)38-29(19)36)37-17(4)26(21)18-8-6-5-7-9-18/h5-9,12-13,15,27H,10-11,14H2,1-4H3,(H,30,32)(H,31,33)(H,34,35)/p-1/t27-/m0/s1. The summed E-state index contributed by atoms with van der Waals surface area (Å²) in [5, 5.41) is 17.6. The number of carbonyl (C=O) groups is 3. The van der Waals surface area contributed by atoms with Gasteiger partial charge in [0.25, 0.3) is 0 Å². The van der Waals surface area contributed by atoms with Crippen molar-refractivity contribution in [2.45, 2.75) is 46.6 Å². The monoisotopic (exact) mass is 517 g/mol. The van der Waals surface area contributed by atoms with Gasteiger partial charge in [-0.25, -0.2) is 4.79 Å². The van der Waals surface area contributed by atoms with Crippen molar-refractivity contribution in [3.63, 3.8) is 0 Å². The maximum absolute atomic E-state index is 12.8. The molecule has 4 rings (SSSR count). The lowest BCUT2D eigenvalue weighted by Gasteiger charge is -2.23. The van der Waals surface area contributed by atoms with Crippen LogP contribution in [0.15, 0.2) is 56.1 Å². The Kier molecular flexibility index (Phi) is 7.66. The number of hydrogen-bond acceptors (Lipinski definition) is 7. The number of benzene rings is 2. The van der Waals surface area contributed by atoms with Gasteiger partial charge in [-0.05, 0) is 43.4 Å². The fourth-order valence-corrected chi connectivity index (χ4v) is 4.58. The highest BCUT2D eigenvalue weighted by Crippen LogP contribution is 2.37. The summed E-state index contributed by atoms with van der Waals surface area (Å²) in [6.45, 7) is 6.59. The summed E-state index contributed by atoms with van der Waals surface area (Å²) in [4.78, 5) is 48.3. The van der Waals surface area contributed by atoms with Gasteiger partial charge in [-0.2, -0.15) is 0 Å². The second-order valence-electron chi connectivity index (χ2n) is 9.62. The van der Waals surface area contributed by atoms with E-state index in [9.17, 15) is 24.3 Å². The molecule has 0 bridgehead atoms. The highest BCUT2D eigenvalue weighted by Gasteiger charge is 2.20. The largest absolute Gasteiger partial charge is 0.548 e. The van der Waals surface area contributed by atoms with Gasteiger partial charge in [0.1, 0.15) is 16.9 Å². The van der Waals surface area contributed by atoms with Crippen LogP contribution in [0.2, 0.25) is 0 Å². The second-order valence-corrected chi connectivity index (χ2v) is 9.62. The maximum atomic E-state index is 12.8. The number of furan rings is 1. The van der Waals surface area contributed by atoms with Crippen molar-refractivity contribution in [1.29, 1.82) is 0 Å². The predicted molar refractivity (Wildman–Crippen MR) is 140 cm³/mol. The second kappa shape index (κ2) is 10.9. The molecule has 38 heavy (non-hydrogen) atoms. The topological polar surface area (TPSA) is 142 Å². The minimum Gasteiger partial charge on any atom is -0.548 e. The Morgan fingerprint density at radius 1 is 0.947 bits per heavy atom. The third-order valence-electron chi connectivity index (χ3n) is 6.62. The Bertz CT molecular complexity index is 1580. The van der Waals surface area contributed by atoms with Crippen LogP contribution in [0.3, 0.4) is 0 Å². The van der Waals surface area contributed by atoms with Crippen LogP contribution in [0.4, 0.5) is 0 Å². The normalized spacial score (nSPS) is 12.1. The van der Waals surface area contributed by atoms with E-state index >= 15 is 0 Å². The molecule has 0 aliphatic carbocycles. The van der Waals surface area contributed by atoms with E-state index in [0.717, 1.165) is 27.7 Å². The maximum Gasteiger partial charge on any atom is 0.339 e. The average molecular weight is 518 g/mol. The SMILES string of the molecule is Cc1oc2cc3oc(=O)c(CCC(=O)NCC(=O)N[C@H](C(=O)[O-])C(C)C)c(C)c3cc2c1-c1ccccc1. The van der Waals surface area contributed by atoms with E-state index in [0.29, 0.717) is 22.3 Å². The van der Waals surface area contributed by atoms with Crippen LogP contribution in [-0.2, 0) is 20.8 Å². The molecule has 9 nitrogen and oxygen atoms in total. The summed E-state index contributed by atoms with van der Waals surface area (Å²) in [5.41, 5.74) is 3.51. The van der Waals surface area contributed by atoms with Gasteiger partial charge in [0.15, 0.2) is 0 Å². The van der Waals surface area contributed by atoms with Gasteiger partial charge >= 0.3 is 5.63 Å². The Morgan fingerprint density at radius 2 is 1.63 bits per heavy atom. The molecule has 0 aliphatic heterocycles. The zero-order valence-electron chi connectivity index (χ0n) is 21.7. The number of amides is 2. The zero-order chi connectivity index (χ0) is 27.6. The molecule has 0 radical (unpaired) electrons. The molecule has 2 aromatic heterocycles. The first-order valence-electron chi connectivity index (χ1n) is 12.4. The molecule has 2 heterocycles. The number of aliphatic carboxylic acids is 1. The van der Waals surface area contributed by atoms with Crippen molar-refractivity contribution in [1.82, 2.24) is 10.6 Å². The first kappa shape index (κ1) is 26.7. The molecule has 0 aliphatic rings. The van der Waals surface area contributed by atoms with Crippen LogP contribution in [0.5, 0.6) is 0 Å². The molecule has 0 fully saturated rings. The van der Waals surface area contributed by atoms with Crippen LogP contribution in [0.25, 0.3) is 33.1 Å². The lowest BCUT2D eigenvalue weighted by Crippen LogP contribution is -2.52. The van der Waals surface area contributed by atoms with Gasteiger partial charge in [-0.1, -0.05) is 44.2 Å². The highest BCUT2D eigenvalue weighted by molar-refractivity contribution is 6.03. The van der Waals surface area contributed by atoms with Crippen molar-refractivity contribution in [2.24, 2.45) is 5.92 Å². The third kappa shape index (κ3) is 5.46. The number of nitrogens with one attached hydrogen (secondary N) is 2. The Balaban J connectivity index is 1.52. The molecule has 2 aromatic carbocycles. The number of carboxylic acid groups (broad SMARTS) is 1. The van der Waals surface area contributed by atoms with Gasteiger partial charge in [-0.15, -0.1) is 0 Å². The van der Waals surface area contributed by atoms with E-state index in [-0.39, 0.29) is 25.3 Å². The van der Waals surface area contributed by atoms with E-state index in [2.05, 4.69) is 10.6 Å². The van der Waals surface area contributed by atoms with Crippen LogP contribution in [0, 0.1) is 19.8 Å². The van der Waals surface area contributed by atoms with E-state index in [1.54, 1.807) is 19.9 Å². The predicted octanol–water partition coefficient (Wildman–Crippen LogP) is 2.76. The molecule has 0 saturated carbocycles. The summed E-state index contributed by atoms with van der Waals surface area (Å²) in [7, 11) is 0. The molecule has 2 amide bonds. The highest BCUT2D eigenvalue weighted by atomic mass is 16.4. The molecular formula is C29H29N2O7-. The third-order valence-corrected chi connectivity index (χ3v) is 6.62. The van der Waals surface area contributed by atoms with Crippen LogP contribution in [-0.4, -0.2) is 30.4 Å². The molecule has 0 saturated heterocycles. The summed E-state index contributed by atoms with van der Waals surface area (Å²) in [6.07, 6.45) is 0.0556. The smallest absolute Gasteiger partial charge is 0.339 e. The van der Waals surface area contributed by atoms with Gasteiger partial charge in [0, 0.05) is 34.4 Å². The van der Waals surface area contributed by atoms with Gasteiger partial charge < -0.3 is 29.4 Å². The number of fused-ring (bicyclic) bond motifs is 2. The van der Waals surface area contributed by atoms with Crippen LogP contribution in [0.1, 0.15) is 37.2 Å². The fourth-order valence-electron chi connectivity index (χ4n) is 4.58. The number of hydrogen-bond donors (Lipinski definition) is 2. The first-order chi connectivity index (χ1) is 18.1. The quantitative estimate of drug-likeness (QED) is 0.325. The van der Waals surface area contributed by atoms with E-state index in [4.69, 9.17) is 8.83 Å². The average Bonchev–Trinajstić information content (AvgIpc) is 3.19. The van der Waals surface area contributed by atoms with Gasteiger partial charge in [0.05, 0.1) is 18.6 Å². The van der Waals surface area contributed by atoms with Gasteiger partial charge in [0.2, 0.25) is 11.8 Å². The zero-order valence-corrected chi connectivity index (χ0v) is 21.7. The molecule has 9 heteroatoms. The number of aryl methyl sites for hydroxylation is 2. The number of carboxylic acids is 1. The Morgan fingerprint density at radius 3 is 2.29 bits per heavy atom. The number of rotatable bonds is 9. The first-order valence-corrected chi connectivity index (χ1v) is 12.4. The molecule has 2 N–H and O–H groups in total. The Labute approximate surface area is 218 Å². The molecule has 198 valence electrons. The minimum absolute atomic E-state index is 0.0548. The van der Waals surface area contributed by atoms with E-state index < -0.39 is 29.5 Å². The van der Waals surface area contributed by atoms with Crippen LogP contribution >= 0.6 is 0 Å². The van der Waals surface area contributed by atoms with Gasteiger partial charge in [-0.3, -0.25) is 9.59 Å². The molecule has 4 aromatic rings. The lowest BCUT2D eigenvalue weighted by molar-refractivity contribution is -0.309. The molecule has 0 unspecified atom stereocenters. The van der Waals surface area contributed by atoms with Crippen molar-refractivity contribution >= 4 is 39.7 Å². The summed E-state index contributed by atoms with van der Waals surface area (Å²) in [6, 6.07) is 12.4. The Hall–Kier alpha value is -4.40. The summed E-state index contributed by atoms with van der Waals surface area (Å²) < 4.78 is 11.5. The minimum atomic E-state index is -1.39. The summed E-state index contributed by atoms with van der Waals surface area (Å²) >= 11 is 0. The van der Waals surface area contributed by atoms with Crippen molar-refractivity contribution in [3.8, 4) is 11.1 Å². The molecular weight excluding hydrogens is 488 g/mol. The van der Waals surface area contributed by atoms with Crippen LogP contribution < -0.4 is 21.4 Å². The van der Waals surface area contributed by atoms with Crippen molar-refractivity contribution < 1.29 is 28.3 Å². The molecule has 0 spiro atoms. The van der Waals surface area contributed by atoms with Crippen molar-refractivity contribution in [2.75, 3.05) is 6.54 Å². The van der Waals surface area contributed by atoms with E-state index in [1.807, 2.05) is 50.2 Å². The fraction of sp³-hybridized carbons (Fsp3) is 0.310. The summed E-state index contributed by atoms with van der Waals surface area (Å²) in [5.74, 6) is -2.11. The molecule has 1 atom stereocenters.